The van der Waals surface area contributed by atoms with Gasteiger partial charge < -0.3 is 0 Å². The Morgan fingerprint density at radius 3 is 1.78 bits per heavy atom. The summed E-state index contributed by atoms with van der Waals surface area (Å²) in [5.74, 6) is 0.721. The van der Waals surface area contributed by atoms with Crippen molar-refractivity contribution in [1.29, 1.82) is 0 Å². The minimum absolute atomic E-state index is 0.721. The molecular weight excluding hydrogens is 639 g/mol. The first-order valence-electron chi connectivity index (χ1n) is 17.1. The minimum atomic E-state index is 0.721. The molecule has 7 aromatic carbocycles. The Labute approximate surface area is 299 Å². The van der Waals surface area contributed by atoms with Crippen molar-refractivity contribution in [3.8, 4) is 56.0 Å². The topological polar surface area (TPSA) is 38.7 Å². The molecule has 0 unspecified atom stereocenters. The Morgan fingerprint density at radius 1 is 0.392 bits per heavy atom. The van der Waals surface area contributed by atoms with Gasteiger partial charge in [0.15, 0.2) is 5.82 Å². The maximum atomic E-state index is 5.28. The molecule has 3 heterocycles. The van der Waals surface area contributed by atoms with Crippen LogP contribution in [0.3, 0.4) is 0 Å². The van der Waals surface area contributed by atoms with Crippen LogP contribution in [0.15, 0.2) is 176 Å². The van der Waals surface area contributed by atoms with E-state index >= 15 is 0 Å². The Balaban J connectivity index is 1.06. The van der Waals surface area contributed by atoms with Crippen molar-refractivity contribution in [2.75, 3.05) is 0 Å². The van der Waals surface area contributed by atoms with Crippen LogP contribution in [0.4, 0.5) is 0 Å². The standard InChI is InChI=1S/C47H29N3S/c1-2-10-30(11-3-1)31-20-22-32(23-21-31)44-46-45(41-18-6-7-19-43(41)51-46)50-47(49-44)37-16-9-15-35(27-37)33-13-8-14-34(26-33)36-24-25-40-39-17-5-4-12-38(39)29-48-42(40)28-36/h1-29H. The molecular formula is C47H29N3S. The normalized spacial score (nSPS) is 11.5. The van der Waals surface area contributed by atoms with Gasteiger partial charge in [-0.25, -0.2) is 9.97 Å². The molecule has 0 saturated heterocycles. The number of fused-ring (bicyclic) bond motifs is 6. The molecule has 238 valence electrons. The number of benzene rings is 7. The third-order valence-corrected chi connectivity index (χ3v) is 10.9. The van der Waals surface area contributed by atoms with Crippen LogP contribution in [0.1, 0.15) is 0 Å². The Morgan fingerprint density at radius 2 is 0.980 bits per heavy atom. The maximum Gasteiger partial charge on any atom is 0.160 e. The average Bonchev–Trinajstić information content (AvgIpc) is 3.59. The molecule has 0 aliphatic carbocycles. The van der Waals surface area contributed by atoms with Crippen LogP contribution in [0.2, 0.25) is 0 Å². The molecule has 0 saturated carbocycles. The zero-order valence-corrected chi connectivity index (χ0v) is 28.3. The first-order valence-corrected chi connectivity index (χ1v) is 17.9. The number of hydrogen-bond acceptors (Lipinski definition) is 4. The molecule has 0 aliphatic rings. The van der Waals surface area contributed by atoms with Gasteiger partial charge in [-0.2, -0.15) is 0 Å². The van der Waals surface area contributed by atoms with Crippen LogP contribution in [0, 0.1) is 0 Å². The molecule has 3 aromatic heterocycles. The minimum Gasteiger partial charge on any atom is -0.256 e. The molecule has 0 bridgehead atoms. The molecule has 10 aromatic rings. The van der Waals surface area contributed by atoms with Crippen LogP contribution in [-0.4, -0.2) is 15.0 Å². The lowest BCUT2D eigenvalue weighted by atomic mass is 9.96. The predicted molar refractivity (Wildman–Crippen MR) is 215 cm³/mol. The summed E-state index contributed by atoms with van der Waals surface area (Å²) in [4.78, 5) is 15.3. The molecule has 0 aliphatic heterocycles. The van der Waals surface area contributed by atoms with Crippen molar-refractivity contribution in [2.24, 2.45) is 0 Å². The number of nitrogens with zero attached hydrogens (tertiary/aromatic N) is 3. The van der Waals surface area contributed by atoms with Crippen LogP contribution in [-0.2, 0) is 0 Å². The second-order valence-corrected chi connectivity index (χ2v) is 13.9. The first-order chi connectivity index (χ1) is 25.2. The number of aromatic nitrogens is 3. The van der Waals surface area contributed by atoms with E-state index in [1.807, 2.05) is 12.3 Å². The highest BCUT2D eigenvalue weighted by molar-refractivity contribution is 7.26. The zero-order chi connectivity index (χ0) is 33.7. The summed E-state index contributed by atoms with van der Waals surface area (Å²) in [5.41, 5.74) is 12.0. The summed E-state index contributed by atoms with van der Waals surface area (Å²) < 4.78 is 2.32. The largest absolute Gasteiger partial charge is 0.256 e. The Bertz CT molecular complexity index is 2910. The van der Waals surface area contributed by atoms with Gasteiger partial charge in [-0.05, 0) is 63.0 Å². The van der Waals surface area contributed by atoms with E-state index in [0.717, 1.165) is 71.4 Å². The lowest BCUT2D eigenvalue weighted by Gasteiger charge is -2.11. The van der Waals surface area contributed by atoms with Crippen molar-refractivity contribution in [3.05, 3.63) is 176 Å². The molecule has 0 atom stereocenters. The number of rotatable bonds is 5. The lowest BCUT2D eigenvalue weighted by Crippen LogP contribution is -1.94. The quantitative estimate of drug-likeness (QED) is 0.171. The van der Waals surface area contributed by atoms with Gasteiger partial charge in [-0.3, -0.25) is 4.98 Å². The smallest absolute Gasteiger partial charge is 0.160 e. The predicted octanol–water partition coefficient (Wildman–Crippen LogP) is 12.9. The van der Waals surface area contributed by atoms with Gasteiger partial charge in [0.1, 0.15) is 0 Å². The Hall–Kier alpha value is -6.49. The summed E-state index contributed by atoms with van der Waals surface area (Å²) in [5, 5.41) is 4.71. The molecule has 10 rings (SSSR count). The van der Waals surface area contributed by atoms with Gasteiger partial charge >= 0.3 is 0 Å². The van der Waals surface area contributed by atoms with Crippen molar-refractivity contribution < 1.29 is 0 Å². The van der Waals surface area contributed by atoms with E-state index in [0.29, 0.717) is 0 Å². The second-order valence-electron chi connectivity index (χ2n) is 12.9. The highest BCUT2D eigenvalue weighted by Crippen LogP contribution is 2.40. The van der Waals surface area contributed by atoms with Gasteiger partial charge in [0.25, 0.3) is 0 Å². The van der Waals surface area contributed by atoms with Crippen LogP contribution in [0.25, 0.3) is 98.0 Å². The average molecular weight is 668 g/mol. The molecule has 0 radical (unpaired) electrons. The van der Waals surface area contributed by atoms with Crippen molar-refractivity contribution in [2.45, 2.75) is 0 Å². The van der Waals surface area contributed by atoms with E-state index in [-0.39, 0.29) is 0 Å². The highest BCUT2D eigenvalue weighted by atomic mass is 32.1. The zero-order valence-electron chi connectivity index (χ0n) is 27.5. The summed E-state index contributed by atoms with van der Waals surface area (Å²) in [6.45, 7) is 0. The maximum absolute atomic E-state index is 5.28. The van der Waals surface area contributed by atoms with E-state index < -0.39 is 0 Å². The Kier molecular flexibility index (Phi) is 7.00. The second kappa shape index (κ2) is 12.1. The molecule has 4 heteroatoms. The van der Waals surface area contributed by atoms with E-state index in [9.17, 15) is 0 Å². The fourth-order valence-corrected chi connectivity index (χ4v) is 8.28. The van der Waals surface area contributed by atoms with Crippen LogP contribution < -0.4 is 0 Å². The monoisotopic (exact) mass is 667 g/mol. The molecule has 0 fully saturated rings. The fraction of sp³-hybridized carbons (Fsp3) is 0. The number of pyridine rings is 1. The van der Waals surface area contributed by atoms with E-state index in [2.05, 4.69) is 164 Å². The van der Waals surface area contributed by atoms with Gasteiger partial charge in [0.05, 0.1) is 21.4 Å². The van der Waals surface area contributed by atoms with E-state index in [1.54, 1.807) is 11.3 Å². The number of thiophene rings is 1. The molecule has 0 spiro atoms. The van der Waals surface area contributed by atoms with E-state index in [4.69, 9.17) is 15.0 Å². The lowest BCUT2D eigenvalue weighted by molar-refractivity contribution is 1.24. The molecule has 51 heavy (non-hydrogen) atoms. The molecule has 0 amide bonds. The van der Waals surface area contributed by atoms with Crippen molar-refractivity contribution >= 4 is 53.3 Å². The summed E-state index contributed by atoms with van der Waals surface area (Å²) in [6, 6.07) is 60.1. The van der Waals surface area contributed by atoms with Crippen molar-refractivity contribution in [1.82, 2.24) is 15.0 Å². The van der Waals surface area contributed by atoms with E-state index in [1.165, 1.54) is 26.6 Å². The van der Waals surface area contributed by atoms with Crippen LogP contribution in [0.5, 0.6) is 0 Å². The summed E-state index contributed by atoms with van der Waals surface area (Å²) in [7, 11) is 0. The van der Waals surface area contributed by atoms with Gasteiger partial charge in [0, 0.05) is 38.2 Å². The highest BCUT2D eigenvalue weighted by Gasteiger charge is 2.17. The number of hydrogen-bond donors (Lipinski definition) is 0. The summed E-state index contributed by atoms with van der Waals surface area (Å²) in [6.07, 6.45) is 1.97. The van der Waals surface area contributed by atoms with Gasteiger partial charge in [-0.1, -0.05) is 146 Å². The molecule has 3 nitrogen and oxygen atoms in total. The van der Waals surface area contributed by atoms with Gasteiger partial charge in [0.2, 0.25) is 0 Å². The fourth-order valence-electron chi connectivity index (χ4n) is 7.12. The SMILES string of the molecule is c1ccc(-c2ccc(-c3nc(-c4cccc(-c5cccc(-c6ccc7c(c6)ncc6ccccc67)c5)c4)nc4c3sc3ccccc34)cc2)cc1. The van der Waals surface area contributed by atoms with Crippen LogP contribution >= 0.6 is 11.3 Å². The third-order valence-electron chi connectivity index (χ3n) is 9.73. The third kappa shape index (κ3) is 5.25. The molecule has 0 N–H and O–H groups in total. The summed E-state index contributed by atoms with van der Waals surface area (Å²) >= 11 is 1.76. The van der Waals surface area contributed by atoms with Gasteiger partial charge in [-0.15, -0.1) is 11.3 Å². The first kappa shape index (κ1) is 29.4. The van der Waals surface area contributed by atoms with Crippen molar-refractivity contribution in [3.63, 3.8) is 0 Å².